The van der Waals surface area contributed by atoms with Gasteiger partial charge in [0.2, 0.25) is 5.91 Å². The third kappa shape index (κ3) is 5.52. The molecule has 156 valence electrons. The molecule has 0 radical (unpaired) electrons. The molecule has 6 nitrogen and oxygen atoms in total. The zero-order valence-corrected chi connectivity index (χ0v) is 17.5. The summed E-state index contributed by atoms with van der Waals surface area (Å²) in [7, 11) is 0. The lowest BCUT2D eigenvalue weighted by Gasteiger charge is -2.28. The van der Waals surface area contributed by atoms with Crippen LogP contribution in [0.4, 0.5) is 10.2 Å². The highest BCUT2D eigenvalue weighted by Crippen LogP contribution is 2.30. The van der Waals surface area contributed by atoms with Crippen LogP contribution in [0.5, 0.6) is 0 Å². The monoisotopic (exact) mass is 420 g/mol. The van der Waals surface area contributed by atoms with E-state index in [0.717, 1.165) is 0 Å². The van der Waals surface area contributed by atoms with E-state index in [9.17, 15) is 9.59 Å². The molecule has 0 aliphatic heterocycles. The molecular weight excluding hydrogens is 395 g/mol. The topological polar surface area (TPSA) is 111 Å². The minimum atomic E-state index is -0.694. The van der Waals surface area contributed by atoms with Crippen molar-refractivity contribution in [2.45, 2.75) is 45.7 Å². The molecule has 0 saturated carbocycles. The molecule has 2 rings (SSSR count). The Bertz CT molecular complexity index is 887. The fourth-order valence-electron chi connectivity index (χ4n) is 3.12. The second-order valence-corrected chi connectivity index (χ2v) is 7.68. The molecule has 2 atom stereocenters. The minimum absolute atomic E-state index is 0.0143. The van der Waals surface area contributed by atoms with Crippen LogP contribution in [0.25, 0.3) is 0 Å². The molecule has 29 heavy (non-hydrogen) atoms. The maximum atomic E-state index is 15.4. The second kappa shape index (κ2) is 9.80. The van der Waals surface area contributed by atoms with Crippen molar-refractivity contribution in [1.82, 2.24) is 10.3 Å². The van der Waals surface area contributed by atoms with Crippen LogP contribution in [0.3, 0.4) is 0 Å². The van der Waals surface area contributed by atoms with Crippen molar-refractivity contribution < 1.29 is 14.0 Å². The number of carbonyl (C=O) groups excluding carboxylic acids is 2. The van der Waals surface area contributed by atoms with E-state index in [-0.39, 0.29) is 40.3 Å². The number of nitrogen functional groups attached to an aromatic ring is 1. The van der Waals surface area contributed by atoms with Gasteiger partial charge in [-0.1, -0.05) is 38.4 Å². The summed E-state index contributed by atoms with van der Waals surface area (Å²) in [6.45, 7) is 5.79. The molecule has 8 heteroatoms. The molecule has 0 spiro atoms. The van der Waals surface area contributed by atoms with Crippen molar-refractivity contribution >= 4 is 29.1 Å². The average molecular weight is 421 g/mol. The number of rotatable bonds is 9. The van der Waals surface area contributed by atoms with Crippen molar-refractivity contribution in [2.24, 2.45) is 11.7 Å². The third-order valence-corrected chi connectivity index (χ3v) is 5.14. The van der Waals surface area contributed by atoms with Gasteiger partial charge >= 0.3 is 0 Å². The van der Waals surface area contributed by atoms with Crippen LogP contribution in [0.1, 0.15) is 61.1 Å². The SMILES string of the molecule is CC[C@@H](N[C@@H](CC(N)=O)C(C)C)c1ccc(Cl)c(C(=O)c2ccc(N)nc2)c1F. The smallest absolute Gasteiger partial charge is 0.218 e. The first-order chi connectivity index (χ1) is 13.6. The first-order valence-corrected chi connectivity index (χ1v) is 9.81. The van der Waals surface area contributed by atoms with E-state index in [1.54, 1.807) is 6.07 Å². The molecular formula is C21H26ClFN4O2. The number of anilines is 1. The summed E-state index contributed by atoms with van der Waals surface area (Å²) in [6.07, 6.45) is 1.96. The lowest BCUT2D eigenvalue weighted by molar-refractivity contribution is -0.118. The number of ketones is 1. The van der Waals surface area contributed by atoms with E-state index in [1.165, 1.54) is 24.4 Å². The fraction of sp³-hybridized carbons (Fsp3) is 0.381. The Labute approximate surface area is 174 Å². The van der Waals surface area contributed by atoms with E-state index in [0.29, 0.717) is 12.0 Å². The number of nitrogens with one attached hydrogen (secondary N) is 1. The predicted molar refractivity (Wildman–Crippen MR) is 112 cm³/mol. The van der Waals surface area contributed by atoms with Gasteiger partial charge in [-0.05, 0) is 30.5 Å². The normalized spacial score (nSPS) is 13.3. The molecule has 0 aliphatic carbocycles. The van der Waals surface area contributed by atoms with Crippen LogP contribution in [0, 0.1) is 11.7 Å². The molecule has 1 aromatic heterocycles. The molecule has 5 N–H and O–H groups in total. The quantitative estimate of drug-likeness (QED) is 0.536. The number of benzene rings is 1. The summed E-state index contributed by atoms with van der Waals surface area (Å²) in [4.78, 5) is 28.1. The highest BCUT2D eigenvalue weighted by Gasteiger charge is 2.26. The molecule has 1 amide bonds. The Morgan fingerprint density at radius 1 is 1.24 bits per heavy atom. The van der Waals surface area contributed by atoms with Gasteiger partial charge in [0, 0.05) is 35.8 Å². The summed E-state index contributed by atoms with van der Waals surface area (Å²) < 4.78 is 15.4. The molecule has 0 bridgehead atoms. The van der Waals surface area contributed by atoms with E-state index in [4.69, 9.17) is 23.1 Å². The van der Waals surface area contributed by atoms with Gasteiger partial charge in [-0.3, -0.25) is 9.59 Å². The number of hydrogen-bond acceptors (Lipinski definition) is 5. The Morgan fingerprint density at radius 2 is 1.93 bits per heavy atom. The summed E-state index contributed by atoms with van der Waals surface area (Å²) in [5, 5.41) is 3.31. The Hall–Kier alpha value is -2.51. The maximum Gasteiger partial charge on any atom is 0.218 e. The number of carbonyl (C=O) groups is 2. The number of amides is 1. The lowest BCUT2D eigenvalue weighted by atomic mass is 9.94. The van der Waals surface area contributed by atoms with Gasteiger partial charge < -0.3 is 16.8 Å². The second-order valence-electron chi connectivity index (χ2n) is 7.27. The fourth-order valence-corrected chi connectivity index (χ4v) is 3.35. The highest BCUT2D eigenvalue weighted by atomic mass is 35.5. The van der Waals surface area contributed by atoms with Crippen LogP contribution < -0.4 is 16.8 Å². The Morgan fingerprint density at radius 3 is 2.45 bits per heavy atom. The number of nitrogens with two attached hydrogens (primary N) is 2. The van der Waals surface area contributed by atoms with Gasteiger partial charge in [0.15, 0.2) is 5.78 Å². The van der Waals surface area contributed by atoms with E-state index < -0.39 is 23.5 Å². The van der Waals surface area contributed by atoms with Crippen molar-refractivity contribution in [1.29, 1.82) is 0 Å². The first kappa shape index (κ1) is 22.8. The molecule has 1 heterocycles. The van der Waals surface area contributed by atoms with Gasteiger partial charge in [-0.15, -0.1) is 0 Å². The predicted octanol–water partition coefficient (Wildman–Crippen LogP) is 3.63. The van der Waals surface area contributed by atoms with Crippen LogP contribution in [-0.2, 0) is 4.79 Å². The zero-order chi connectivity index (χ0) is 21.7. The van der Waals surface area contributed by atoms with Gasteiger partial charge in [-0.2, -0.15) is 0 Å². The molecule has 1 aromatic carbocycles. The zero-order valence-electron chi connectivity index (χ0n) is 16.7. The standard InChI is InChI=1S/C21H26ClFN4O2/c1-4-15(27-16(11(2)3)9-18(25)28)13-6-7-14(22)19(20(13)23)21(29)12-5-8-17(24)26-10-12/h5-8,10-11,15-16,27H,4,9H2,1-3H3,(H2,24,26)(H2,25,28)/t15-,16+/m1/s1. The molecule has 2 aromatic rings. The van der Waals surface area contributed by atoms with Gasteiger partial charge in [-0.25, -0.2) is 9.37 Å². The molecule has 0 aliphatic rings. The summed E-state index contributed by atoms with van der Waals surface area (Å²) in [5.41, 5.74) is 11.2. The van der Waals surface area contributed by atoms with Crippen molar-refractivity contribution in [2.75, 3.05) is 5.73 Å². The van der Waals surface area contributed by atoms with Gasteiger partial charge in [0.1, 0.15) is 11.6 Å². The Kier molecular flexibility index (Phi) is 7.70. The van der Waals surface area contributed by atoms with Crippen molar-refractivity contribution in [3.05, 3.63) is 58.0 Å². The number of aromatic nitrogens is 1. The number of pyridine rings is 1. The van der Waals surface area contributed by atoms with Crippen LogP contribution in [0.2, 0.25) is 5.02 Å². The van der Waals surface area contributed by atoms with E-state index in [2.05, 4.69) is 10.3 Å². The third-order valence-electron chi connectivity index (χ3n) is 4.82. The molecule has 0 fully saturated rings. The van der Waals surface area contributed by atoms with Crippen molar-refractivity contribution in [3.63, 3.8) is 0 Å². The van der Waals surface area contributed by atoms with E-state index >= 15 is 4.39 Å². The summed E-state index contributed by atoms with van der Waals surface area (Å²) in [5.74, 6) is -1.34. The van der Waals surface area contributed by atoms with Crippen LogP contribution in [0.15, 0.2) is 30.5 Å². The summed E-state index contributed by atoms with van der Waals surface area (Å²) in [6, 6.07) is 5.35. The average Bonchev–Trinajstić information content (AvgIpc) is 2.65. The van der Waals surface area contributed by atoms with Gasteiger partial charge in [0.25, 0.3) is 0 Å². The Balaban J connectivity index is 2.42. The minimum Gasteiger partial charge on any atom is -0.384 e. The largest absolute Gasteiger partial charge is 0.384 e. The first-order valence-electron chi connectivity index (χ1n) is 9.44. The highest BCUT2D eigenvalue weighted by molar-refractivity contribution is 6.35. The molecule has 0 unspecified atom stereocenters. The van der Waals surface area contributed by atoms with Gasteiger partial charge in [0.05, 0.1) is 10.6 Å². The number of hydrogen-bond donors (Lipinski definition) is 3. The number of primary amides is 1. The number of nitrogens with zero attached hydrogens (tertiary/aromatic N) is 1. The van der Waals surface area contributed by atoms with Crippen molar-refractivity contribution in [3.8, 4) is 0 Å². The lowest BCUT2D eigenvalue weighted by Crippen LogP contribution is -2.40. The summed E-state index contributed by atoms with van der Waals surface area (Å²) >= 11 is 6.16. The number of halogens is 2. The van der Waals surface area contributed by atoms with Crippen LogP contribution >= 0.6 is 11.6 Å². The maximum absolute atomic E-state index is 15.4. The van der Waals surface area contributed by atoms with Crippen LogP contribution in [-0.4, -0.2) is 22.7 Å². The van der Waals surface area contributed by atoms with E-state index in [1.807, 2.05) is 20.8 Å². The molecule has 0 saturated heterocycles.